The van der Waals surface area contributed by atoms with Gasteiger partial charge >= 0.3 is 0 Å². The van der Waals surface area contributed by atoms with Gasteiger partial charge in [0.25, 0.3) is 0 Å². The van der Waals surface area contributed by atoms with Crippen LogP contribution in [-0.2, 0) is 0 Å². The molecule has 5 aromatic carbocycles. The third-order valence-corrected chi connectivity index (χ3v) is 9.13. The summed E-state index contributed by atoms with van der Waals surface area (Å²) in [6, 6.07) is 38.2. The van der Waals surface area contributed by atoms with Gasteiger partial charge in [0.1, 0.15) is 22.5 Å². The third kappa shape index (κ3) is 3.36. The maximum absolute atomic E-state index is 16.5. The van der Waals surface area contributed by atoms with Crippen LogP contribution in [0.25, 0.3) is 76.9 Å². The molecule has 5 aromatic heterocycles. The summed E-state index contributed by atoms with van der Waals surface area (Å²) in [7, 11) is 0. The average Bonchev–Trinajstić information content (AvgIpc) is 3.82. The molecule has 0 amide bonds. The Balaban J connectivity index is 1.16. The van der Waals surface area contributed by atoms with Crippen molar-refractivity contribution in [2.75, 3.05) is 0 Å². The second-order valence-corrected chi connectivity index (χ2v) is 11.5. The summed E-state index contributed by atoms with van der Waals surface area (Å²) in [5.41, 5.74) is 7.34. The first-order valence-electron chi connectivity index (χ1n) is 15.0. The Labute approximate surface area is 255 Å². The standard InChI is InChI=1S/C39H23FN4O/c40-36(24-14-15-26-27-9-1-3-12-32(27)43-20-19-42-38(43)31(26)22-24)23-7-5-8-25(21-23)44-33-17-16-29-28-10-2-4-13-34(28)45-37(29)35(33)30-11-6-18-41-39(30)44/h1-22,36H. The number of para-hydroxylation sites is 2. The lowest BCUT2D eigenvalue weighted by atomic mass is 9.98. The summed E-state index contributed by atoms with van der Waals surface area (Å²) in [4.78, 5) is 9.42. The summed E-state index contributed by atoms with van der Waals surface area (Å²) >= 11 is 0. The zero-order valence-corrected chi connectivity index (χ0v) is 23.9. The van der Waals surface area contributed by atoms with Crippen molar-refractivity contribution in [2.24, 2.45) is 0 Å². The largest absolute Gasteiger partial charge is 0.455 e. The minimum atomic E-state index is -1.33. The summed E-state index contributed by atoms with van der Waals surface area (Å²) in [6.07, 6.45) is 4.21. The molecule has 1 atom stereocenters. The average molecular weight is 583 g/mol. The number of hydrogen-bond acceptors (Lipinski definition) is 3. The summed E-state index contributed by atoms with van der Waals surface area (Å²) < 4.78 is 27.1. The van der Waals surface area contributed by atoms with Crippen molar-refractivity contribution in [3.05, 3.63) is 145 Å². The minimum Gasteiger partial charge on any atom is -0.455 e. The highest BCUT2D eigenvalue weighted by Gasteiger charge is 2.21. The molecule has 0 aliphatic carbocycles. The van der Waals surface area contributed by atoms with E-state index in [-0.39, 0.29) is 0 Å². The van der Waals surface area contributed by atoms with Crippen LogP contribution in [0.1, 0.15) is 17.3 Å². The van der Waals surface area contributed by atoms with Gasteiger partial charge in [0, 0.05) is 51.2 Å². The van der Waals surface area contributed by atoms with Gasteiger partial charge in [0.2, 0.25) is 0 Å². The fraction of sp³-hybridized carbons (Fsp3) is 0.0256. The van der Waals surface area contributed by atoms with Crippen LogP contribution in [0.5, 0.6) is 0 Å². The molecule has 0 radical (unpaired) electrons. The molecule has 0 saturated heterocycles. The summed E-state index contributed by atoms with van der Waals surface area (Å²) in [5, 5.41) is 7.23. The zero-order chi connectivity index (χ0) is 29.6. The molecule has 0 N–H and O–H groups in total. The molecule has 0 aliphatic heterocycles. The Morgan fingerprint density at radius 2 is 1.38 bits per heavy atom. The Hall–Kier alpha value is -6.01. The first-order valence-corrected chi connectivity index (χ1v) is 15.0. The maximum atomic E-state index is 16.5. The highest BCUT2D eigenvalue weighted by molar-refractivity contribution is 6.23. The van der Waals surface area contributed by atoms with E-state index in [1.165, 1.54) is 0 Å². The Morgan fingerprint density at radius 1 is 0.578 bits per heavy atom. The molecular formula is C39H23FN4O. The van der Waals surface area contributed by atoms with E-state index in [9.17, 15) is 0 Å². The first-order chi connectivity index (χ1) is 22.2. The Bertz CT molecular complexity index is 2810. The highest BCUT2D eigenvalue weighted by atomic mass is 19.1. The number of pyridine rings is 2. The maximum Gasteiger partial charge on any atom is 0.150 e. The van der Waals surface area contributed by atoms with Gasteiger partial charge in [0.15, 0.2) is 6.17 Å². The molecule has 0 spiro atoms. The van der Waals surface area contributed by atoms with E-state index in [2.05, 4.69) is 50.3 Å². The molecule has 5 heterocycles. The van der Waals surface area contributed by atoms with Crippen molar-refractivity contribution in [3.63, 3.8) is 0 Å². The van der Waals surface area contributed by atoms with E-state index in [1.54, 1.807) is 12.4 Å². The smallest absolute Gasteiger partial charge is 0.150 e. The van der Waals surface area contributed by atoms with E-state index in [0.29, 0.717) is 11.1 Å². The lowest BCUT2D eigenvalue weighted by molar-refractivity contribution is 0.402. The van der Waals surface area contributed by atoms with E-state index < -0.39 is 6.17 Å². The molecule has 0 aliphatic rings. The topological polar surface area (TPSA) is 48.3 Å². The van der Waals surface area contributed by atoms with Crippen LogP contribution in [-0.4, -0.2) is 18.9 Å². The van der Waals surface area contributed by atoms with Gasteiger partial charge in [-0.3, -0.25) is 8.97 Å². The number of aromatic nitrogens is 4. The van der Waals surface area contributed by atoms with Gasteiger partial charge < -0.3 is 4.42 Å². The SMILES string of the molecule is FC(c1cccc(-n2c3ccc4c5ccccc5oc4c3c3cccnc32)c1)c1ccc2c3ccccc3n3ccnc3c2c1. The second-order valence-electron chi connectivity index (χ2n) is 11.5. The molecular weight excluding hydrogens is 559 g/mol. The lowest BCUT2D eigenvalue weighted by Gasteiger charge is -2.14. The van der Waals surface area contributed by atoms with Gasteiger partial charge in [-0.1, -0.05) is 60.7 Å². The van der Waals surface area contributed by atoms with E-state index in [0.717, 1.165) is 76.9 Å². The number of rotatable bonds is 3. The molecule has 0 bridgehead atoms. The predicted molar refractivity (Wildman–Crippen MR) is 179 cm³/mol. The predicted octanol–water partition coefficient (Wildman–Crippen LogP) is 10.1. The molecule has 1 unspecified atom stereocenters. The summed E-state index contributed by atoms with van der Waals surface area (Å²) in [6.45, 7) is 0. The van der Waals surface area contributed by atoms with Crippen LogP contribution in [0, 0.1) is 0 Å². The second kappa shape index (κ2) is 9.00. The van der Waals surface area contributed by atoms with E-state index in [4.69, 9.17) is 9.40 Å². The highest BCUT2D eigenvalue weighted by Crippen LogP contribution is 2.41. The van der Waals surface area contributed by atoms with Crippen LogP contribution >= 0.6 is 0 Å². The van der Waals surface area contributed by atoms with Crippen molar-refractivity contribution in [1.82, 2.24) is 18.9 Å². The minimum absolute atomic E-state index is 0.572. The van der Waals surface area contributed by atoms with Crippen molar-refractivity contribution in [3.8, 4) is 5.69 Å². The van der Waals surface area contributed by atoms with Crippen molar-refractivity contribution < 1.29 is 8.81 Å². The van der Waals surface area contributed by atoms with Gasteiger partial charge in [0.05, 0.1) is 16.4 Å². The number of nitrogens with zero attached hydrogens (tertiary/aromatic N) is 4. The van der Waals surface area contributed by atoms with Crippen LogP contribution in [0.15, 0.2) is 138 Å². The van der Waals surface area contributed by atoms with Crippen molar-refractivity contribution >= 4 is 71.2 Å². The Kier molecular flexibility index (Phi) is 4.89. The van der Waals surface area contributed by atoms with Crippen molar-refractivity contribution in [2.45, 2.75) is 6.17 Å². The quantitative estimate of drug-likeness (QED) is 0.195. The molecule has 0 saturated carbocycles. The molecule has 212 valence electrons. The van der Waals surface area contributed by atoms with Gasteiger partial charge in [-0.05, 0) is 71.1 Å². The van der Waals surface area contributed by atoms with Crippen LogP contribution in [0.2, 0.25) is 0 Å². The number of hydrogen-bond donors (Lipinski definition) is 0. The van der Waals surface area contributed by atoms with Gasteiger partial charge in [-0.2, -0.15) is 0 Å². The lowest BCUT2D eigenvalue weighted by Crippen LogP contribution is -2.00. The van der Waals surface area contributed by atoms with Crippen LogP contribution in [0.4, 0.5) is 4.39 Å². The van der Waals surface area contributed by atoms with Gasteiger partial charge in [-0.25, -0.2) is 14.4 Å². The van der Waals surface area contributed by atoms with Crippen LogP contribution in [0.3, 0.4) is 0 Å². The molecule has 5 nitrogen and oxygen atoms in total. The summed E-state index contributed by atoms with van der Waals surface area (Å²) in [5.74, 6) is 0. The van der Waals surface area contributed by atoms with E-state index in [1.807, 2.05) is 85.1 Å². The number of halogens is 1. The zero-order valence-electron chi connectivity index (χ0n) is 23.9. The number of benzene rings is 5. The number of imidazole rings is 1. The molecule has 10 aromatic rings. The number of fused-ring (bicyclic) bond motifs is 13. The molecule has 45 heavy (non-hydrogen) atoms. The van der Waals surface area contributed by atoms with E-state index >= 15 is 4.39 Å². The number of alkyl halides is 1. The monoisotopic (exact) mass is 582 g/mol. The molecule has 6 heteroatoms. The molecule has 10 rings (SSSR count). The Morgan fingerprint density at radius 3 is 2.33 bits per heavy atom. The van der Waals surface area contributed by atoms with Crippen LogP contribution < -0.4 is 0 Å². The third-order valence-electron chi connectivity index (χ3n) is 9.13. The first kappa shape index (κ1) is 24.4. The molecule has 0 fully saturated rings. The fourth-order valence-electron chi connectivity index (χ4n) is 7.13. The fourth-order valence-corrected chi connectivity index (χ4v) is 7.13. The van der Waals surface area contributed by atoms with Gasteiger partial charge in [-0.15, -0.1) is 0 Å². The van der Waals surface area contributed by atoms with Crippen molar-refractivity contribution in [1.29, 1.82) is 0 Å². The number of furan rings is 1. The normalized spacial score (nSPS) is 12.9.